The van der Waals surface area contributed by atoms with Crippen LogP contribution in [0.25, 0.3) is 0 Å². The van der Waals surface area contributed by atoms with E-state index in [-0.39, 0.29) is 29.5 Å². The molecular weight excluding hydrogens is 649 g/mol. The van der Waals surface area contributed by atoms with Crippen molar-refractivity contribution in [3.63, 3.8) is 0 Å². The molecule has 0 aliphatic carbocycles. The molecule has 0 fully saturated rings. The van der Waals surface area contributed by atoms with E-state index < -0.39 is 34.1 Å². The smallest absolute Gasteiger partial charge is 0.264 e. The van der Waals surface area contributed by atoms with Crippen molar-refractivity contribution in [1.82, 2.24) is 10.2 Å². The number of amides is 2. The van der Waals surface area contributed by atoms with Crippen LogP contribution in [0.15, 0.2) is 76.1 Å². The molecule has 11 heteroatoms. The summed E-state index contributed by atoms with van der Waals surface area (Å²) >= 11 is 16.3. The van der Waals surface area contributed by atoms with Crippen LogP contribution in [0, 0.1) is 6.92 Å². The fourth-order valence-electron chi connectivity index (χ4n) is 4.22. The van der Waals surface area contributed by atoms with Gasteiger partial charge < -0.3 is 10.2 Å². The van der Waals surface area contributed by atoms with Gasteiger partial charge in [-0.3, -0.25) is 13.9 Å². The van der Waals surface area contributed by atoms with Crippen molar-refractivity contribution in [2.75, 3.05) is 10.8 Å². The van der Waals surface area contributed by atoms with Gasteiger partial charge in [-0.1, -0.05) is 75.9 Å². The van der Waals surface area contributed by atoms with Crippen molar-refractivity contribution < 1.29 is 18.0 Å². The molecule has 1 atom stereocenters. The van der Waals surface area contributed by atoms with Crippen molar-refractivity contribution in [2.45, 2.75) is 64.1 Å². The van der Waals surface area contributed by atoms with Crippen molar-refractivity contribution in [3.8, 4) is 0 Å². The van der Waals surface area contributed by atoms with Crippen LogP contribution in [0.2, 0.25) is 10.0 Å². The first-order chi connectivity index (χ1) is 19.1. The molecule has 0 aliphatic rings. The minimum absolute atomic E-state index is 0.0362. The highest BCUT2D eigenvalue weighted by molar-refractivity contribution is 9.10. The lowest BCUT2D eigenvalue weighted by atomic mass is 10.1. The maximum absolute atomic E-state index is 14.2. The lowest BCUT2D eigenvalue weighted by molar-refractivity contribution is -0.141. The molecule has 3 rings (SSSR count). The van der Waals surface area contributed by atoms with E-state index in [1.807, 2.05) is 27.7 Å². The predicted octanol–water partition coefficient (Wildman–Crippen LogP) is 6.98. The summed E-state index contributed by atoms with van der Waals surface area (Å²) in [5.41, 5.74) is 1.09. The van der Waals surface area contributed by atoms with E-state index in [9.17, 15) is 18.0 Å². The Bertz CT molecular complexity index is 1490. The number of benzene rings is 3. The Morgan fingerprint density at radius 1 is 0.976 bits per heavy atom. The molecule has 220 valence electrons. The van der Waals surface area contributed by atoms with Gasteiger partial charge in [0.1, 0.15) is 12.6 Å². The van der Waals surface area contributed by atoms with E-state index in [0.29, 0.717) is 20.1 Å². The molecule has 0 aromatic heterocycles. The van der Waals surface area contributed by atoms with Gasteiger partial charge in [0.05, 0.1) is 10.6 Å². The molecule has 0 aliphatic heterocycles. The van der Waals surface area contributed by atoms with Crippen molar-refractivity contribution >= 4 is 66.7 Å². The first kappa shape index (κ1) is 32.9. The molecule has 3 aromatic carbocycles. The molecule has 7 nitrogen and oxygen atoms in total. The maximum Gasteiger partial charge on any atom is 0.264 e. The molecule has 1 unspecified atom stereocenters. The molecule has 0 saturated heterocycles. The van der Waals surface area contributed by atoms with Crippen LogP contribution < -0.4 is 9.62 Å². The summed E-state index contributed by atoms with van der Waals surface area (Å²) in [5, 5.41) is 3.60. The normalized spacial score (nSPS) is 12.5. The summed E-state index contributed by atoms with van der Waals surface area (Å²) < 4.78 is 29.6. The van der Waals surface area contributed by atoms with Gasteiger partial charge in [0.25, 0.3) is 10.0 Å². The fourth-order valence-corrected chi connectivity index (χ4v) is 6.53. The Balaban J connectivity index is 2.12. The van der Waals surface area contributed by atoms with Gasteiger partial charge in [0.15, 0.2) is 0 Å². The number of halogens is 3. The number of nitrogens with zero attached hydrogens (tertiary/aromatic N) is 2. The number of carbonyl (C=O) groups excluding carboxylic acids is 2. The number of rotatable bonds is 10. The topological polar surface area (TPSA) is 86.8 Å². The van der Waals surface area contributed by atoms with Crippen LogP contribution in [0.5, 0.6) is 0 Å². The summed E-state index contributed by atoms with van der Waals surface area (Å²) in [6.07, 6.45) is 0.275. The first-order valence-corrected chi connectivity index (χ1v) is 16.0. The third-order valence-corrected chi connectivity index (χ3v) is 9.25. The SMILES string of the molecule is CCC(C(=O)NC(C)(C)C)N(Cc1c(Cl)cccc1Cl)C(=O)CN(c1cccc(Br)c1)S(=O)(=O)c1ccc(C)cc1. The second-order valence-corrected chi connectivity index (χ2v) is 14.3. The molecule has 0 radical (unpaired) electrons. The zero-order valence-electron chi connectivity index (χ0n) is 23.6. The molecular formula is C30H34BrCl2N3O4S. The number of carbonyl (C=O) groups is 2. The Labute approximate surface area is 261 Å². The van der Waals surface area contributed by atoms with Crippen LogP contribution in [0.1, 0.15) is 45.2 Å². The largest absolute Gasteiger partial charge is 0.350 e. The lowest BCUT2D eigenvalue weighted by Crippen LogP contribution is -2.55. The van der Waals surface area contributed by atoms with E-state index in [1.165, 1.54) is 17.0 Å². The molecule has 0 bridgehead atoms. The first-order valence-electron chi connectivity index (χ1n) is 13.0. The minimum Gasteiger partial charge on any atom is -0.350 e. The van der Waals surface area contributed by atoms with Crippen molar-refractivity contribution in [1.29, 1.82) is 0 Å². The van der Waals surface area contributed by atoms with Crippen LogP contribution in [-0.2, 0) is 26.2 Å². The summed E-state index contributed by atoms with van der Waals surface area (Å²) in [7, 11) is -4.17. The quantitative estimate of drug-likeness (QED) is 0.250. The van der Waals surface area contributed by atoms with Crippen LogP contribution in [-0.4, -0.2) is 43.3 Å². The minimum atomic E-state index is -4.17. The zero-order valence-corrected chi connectivity index (χ0v) is 27.5. The highest BCUT2D eigenvalue weighted by atomic mass is 79.9. The standard InChI is InChI=1S/C30H34BrCl2N3O4S/c1-6-27(29(38)34-30(3,4)5)35(18-24-25(32)11-8-12-26(24)33)28(37)19-36(22-10-7-9-21(31)17-22)41(39,40)23-15-13-20(2)14-16-23/h7-17,27H,6,18-19H2,1-5H3,(H,34,38). The van der Waals surface area contributed by atoms with Crippen LogP contribution >= 0.6 is 39.1 Å². The predicted molar refractivity (Wildman–Crippen MR) is 169 cm³/mol. The Kier molecular flexibility index (Phi) is 10.9. The lowest BCUT2D eigenvalue weighted by Gasteiger charge is -2.35. The van der Waals surface area contributed by atoms with Crippen LogP contribution in [0.3, 0.4) is 0 Å². The second kappa shape index (κ2) is 13.6. The van der Waals surface area contributed by atoms with E-state index in [4.69, 9.17) is 23.2 Å². The summed E-state index contributed by atoms with van der Waals surface area (Å²) in [4.78, 5) is 29.0. The summed E-state index contributed by atoms with van der Waals surface area (Å²) in [5.74, 6) is -0.959. The van der Waals surface area contributed by atoms with Gasteiger partial charge in [0.2, 0.25) is 11.8 Å². The van der Waals surface area contributed by atoms with Gasteiger partial charge >= 0.3 is 0 Å². The molecule has 3 aromatic rings. The van der Waals surface area contributed by atoms with Crippen molar-refractivity contribution in [3.05, 3.63) is 92.4 Å². The highest BCUT2D eigenvalue weighted by Crippen LogP contribution is 2.30. The Morgan fingerprint density at radius 2 is 1.56 bits per heavy atom. The Hall–Kier alpha value is -2.59. The summed E-state index contributed by atoms with van der Waals surface area (Å²) in [6.45, 7) is 8.53. The zero-order chi connectivity index (χ0) is 30.5. The third kappa shape index (κ3) is 8.47. The van der Waals surface area contributed by atoms with E-state index in [1.54, 1.807) is 61.5 Å². The van der Waals surface area contributed by atoms with Crippen LogP contribution in [0.4, 0.5) is 5.69 Å². The Morgan fingerprint density at radius 3 is 2.10 bits per heavy atom. The molecule has 1 N–H and O–H groups in total. The number of aryl methyl sites for hydroxylation is 1. The maximum atomic E-state index is 14.2. The van der Waals surface area contributed by atoms with Crippen molar-refractivity contribution in [2.24, 2.45) is 0 Å². The number of nitrogens with one attached hydrogen (secondary N) is 1. The van der Waals surface area contributed by atoms with E-state index >= 15 is 0 Å². The highest BCUT2D eigenvalue weighted by Gasteiger charge is 2.35. The van der Waals surface area contributed by atoms with Gasteiger partial charge in [-0.25, -0.2) is 8.42 Å². The summed E-state index contributed by atoms with van der Waals surface area (Å²) in [6, 6.07) is 17.2. The van der Waals surface area contributed by atoms with Gasteiger partial charge in [-0.15, -0.1) is 0 Å². The third-order valence-electron chi connectivity index (χ3n) is 6.26. The number of hydrogen-bond acceptors (Lipinski definition) is 4. The average Bonchev–Trinajstić information content (AvgIpc) is 2.87. The number of sulfonamides is 1. The van der Waals surface area contributed by atoms with Gasteiger partial charge in [-0.2, -0.15) is 0 Å². The molecule has 41 heavy (non-hydrogen) atoms. The monoisotopic (exact) mass is 681 g/mol. The van der Waals surface area contributed by atoms with Gasteiger partial charge in [0, 0.05) is 32.2 Å². The molecule has 0 spiro atoms. The van der Waals surface area contributed by atoms with E-state index in [0.717, 1.165) is 9.87 Å². The molecule has 0 saturated carbocycles. The van der Waals surface area contributed by atoms with Gasteiger partial charge in [-0.05, 0) is 76.6 Å². The molecule has 0 heterocycles. The van der Waals surface area contributed by atoms with E-state index in [2.05, 4.69) is 21.2 Å². The fraction of sp³-hybridized carbons (Fsp3) is 0.333. The average molecular weight is 683 g/mol. The second-order valence-electron chi connectivity index (χ2n) is 10.7. The number of hydrogen-bond donors (Lipinski definition) is 1. The molecule has 2 amide bonds. The number of anilines is 1.